The molecule has 2 heterocycles. The lowest BCUT2D eigenvalue weighted by Gasteiger charge is -2.33. The number of aromatic nitrogens is 1. The average molecular weight is 334 g/mol. The largest absolute Gasteiger partial charge is 0.478 e. The van der Waals surface area contributed by atoms with Crippen LogP contribution in [0, 0.1) is 0 Å². The van der Waals surface area contributed by atoms with E-state index in [0.29, 0.717) is 26.2 Å². The van der Waals surface area contributed by atoms with Crippen LogP contribution in [0.2, 0.25) is 5.15 Å². The van der Waals surface area contributed by atoms with Crippen LogP contribution in [0.4, 0.5) is 0 Å². The molecule has 1 fully saturated rings. The molecule has 0 aliphatic carbocycles. The van der Waals surface area contributed by atoms with Crippen LogP contribution in [0.25, 0.3) is 0 Å². The fraction of sp³-hybridized carbons (Fsp3) is 0.500. The van der Waals surface area contributed by atoms with Gasteiger partial charge in [-0.3, -0.25) is 0 Å². The van der Waals surface area contributed by atoms with Gasteiger partial charge >= 0.3 is 5.97 Å². The van der Waals surface area contributed by atoms with E-state index in [0.717, 1.165) is 18.8 Å². The lowest BCUT2D eigenvalue weighted by atomic mass is 10.3. The van der Waals surface area contributed by atoms with E-state index < -0.39 is 16.0 Å². The van der Waals surface area contributed by atoms with E-state index in [9.17, 15) is 13.2 Å². The van der Waals surface area contributed by atoms with Gasteiger partial charge in [-0.1, -0.05) is 18.5 Å². The first-order valence-electron chi connectivity index (χ1n) is 6.47. The minimum atomic E-state index is -3.74. The minimum Gasteiger partial charge on any atom is -0.478 e. The molecule has 1 aromatic heterocycles. The van der Waals surface area contributed by atoms with E-state index in [1.54, 1.807) is 0 Å². The van der Waals surface area contributed by atoms with Gasteiger partial charge in [0.15, 0.2) is 0 Å². The predicted octanol–water partition coefficient (Wildman–Crippen LogP) is 0.759. The number of rotatable bonds is 4. The van der Waals surface area contributed by atoms with E-state index in [1.807, 2.05) is 6.92 Å². The van der Waals surface area contributed by atoms with Crippen LogP contribution in [-0.4, -0.2) is 66.4 Å². The number of sulfonamides is 1. The minimum absolute atomic E-state index is 0.144. The fourth-order valence-electron chi connectivity index (χ4n) is 2.16. The summed E-state index contributed by atoms with van der Waals surface area (Å²) in [6, 6.07) is 1.05. The number of carboxylic acid groups (broad SMARTS) is 1. The molecule has 9 heteroatoms. The molecule has 1 N–H and O–H groups in total. The highest BCUT2D eigenvalue weighted by Gasteiger charge is 2.29. The second-order valence-electron chi connectivity index (χ2n) is 4.65. The van der Waals surface area contributed by atoms with Crippen molar-refractivity contribution in [3.8, 4) is 0 Å². The second-order valence-corrected chi connectivity index (χ2v) is 6.95. The molecule has 0 saturated carbocycles. The van der Waals surface area contributed by atoms with Crippen molar-refractivity contribution >= 4 is 27.6 Å². The number of halogens is 1. The summed E-state index contributed by atoms with van der Waals surface area (Å²) >= 11 is 5.66. The molecule has 0 unspecified atom stereocenters. The number of nitrogens with zero attached hydrogens (tertiary/aromatic N) is 3. The van der Waals surface area contributed by atoms with Crippen LogP contribution in [0.1, 0.15) is 17.3 Å². The smallest absolute Gasteiger partial charge is 0.338 e. The Morgan fingerprint density at radius 2 is 2.00 bits per heavy atom. The lowest BCUT2D eigenvalue weighted by molar-refractivity contribution is 0.0696. The number of hydrogen-bond acceptors (Lipinski definition) is 5. The monoisotopic (exact) mass is 333 g/mol. The molecule has 0 atom stereocenters. The van der Waals surface area contributed by atoms with E-state index >= 15 is 0 Å². The SMILES string of the molecule is CCN1CCN(S(=O)(=O)c2cnc(Cl)c(C(=O)O)c2)CC1. The molecule has 1 saturated heterocycles. The molecular formula is C12H16ClN3O4S. The Balaban J connectivity index is 2.28. The molecule has 0 aromatic carbocycles. The maximum Gasteiger partial charge on any atom is 0.338 e. The van der Waals surface area contributed by atoms with Crippen LogP contribution in [0.5, 0.6) is 0 Å². The molecule has 0 bridgehead atoms. The van der Waals surface area contributed by atoms with Crippen molar-refractivity contribution in [3.05, 3.63) is 23.0 Å². The normalized spacial score (nSPS) is 17.8. The van der Waals surface area contributed by atoms with Crippen molar-refractivity contribution in [3.63, 3.8) is 0 Å². The molecule has 0 amide bonds. The molecule has 7 nitrogen and oxygen atoms in total. The zero-order valence-electron chi connectivity index (χ0n) is 11.5. The maximum absolute atomic E-state index is 12.5. The lowest BCUT2D eigenvalue weighted by Crippen LogP contribution is -2.48. The Hall–Kier alpha value is -1.22. The van der Waals surface area contributed by atoms with Gasteiger partial charge in [-0.2, -0.15) is 4.31 Å². The van der Waals surface area contributed by atoms with Crippen LogP contribution in [-0.2, 0) is 10.0 Å². The number of likely N-dealkylation sites (N-methyl/N-ethyl adjacent to an activating group) is 1. The molecule has 1 aromatic rings. The van der Waals surface area contributed by atoms with Crippen LogP contribution in [0.15, 0.2) is 17.2 Å². The first-order valence-corrected chi connectivity index (χ1v) is 8.29. The van der Waals surface area contributed by atoms with Gasteiger partial charge in [0, 0.05) is 32.4 Å². The van der Waals surface area contributed by atoms with Crippen LogP contribution in [0.3, 0.4) is 0 Å². The molecule has 1 aliphatic heterocycles. The van der Waals surface area contributed by atoms with Crippen molar-refractivity contribution < 1.29 is 18.3 Å². The Morgan fingerprint density at radius 3 is 2.52 bits per heavy atom. The summed E-state index contributed by atoms with van der Waals surface area (Å²) in [7, 11) is -3.74. The van der Waals surface area contributed by atoms with E-state index in [2.05, 4.69) is 9.88 Å². The van der Waals surface area contributed by atoms with E-state index in [-0.39, 0.29) is 15.6 Å². The standard InChI is InChI=1S/C12H16ClN3O4S/c1-2-15-3-5-16(6-4-15)21(19,20)9-7-10(12(17)18)11(13)14-8-9/h7-8H,2-6H2,1H3,(H,17,18). The highest BCUT2D eigenvalue weighted by molar-refractivity contribution is 7.89. The number of carbonyl (C=O) groups is 1. The van der Waals surface area contributed by atoms with Gasteiger partial charge in [-0.25, -0.2) is 18.2 Å². The number of hydrogen-bond donors (Lipinski definition) is 1. The molecule has 2 rings (SSSR count). The zero-order valence-corrected chi connectivity index (χ0v) is 13.1. The van der Waals surface area contributed by atoms with Crippen molar-refractivity contribution in [2.75, 3.05) is 32.7 Å². The highest BCUT2D eigenvalue weighted by atomic mass is 35.5. The second kappa shape index (κ2) is 6.27. The molecule has 0 spiro atoms. The number of pyridine rings is 1. The topological polar surface area (TPSA) is 90.8 Å². The summed E-state index contributed by atoms with van der Waals surface area (Å²) in [5.41, 5.74) is -0.315. The number of piperazine rings is 1. The Bertz CT molecular complexity index is 642. The highest BCUT2D eigenvalue weighted by Crippen LogP contribution is 2.21. The Labute approximate surface area is 128 Å². The molecule has 21 heavy (non-hydrogen) atoms. The van der Waals surface area contributed by atoms with E-state index in [1.165, 1.54) is 4.31 Å². The third-order valence-corrected chi connectivity index (χ3v) is 5.63. The third-order valence-electron chi connectivity index (χ3n) is 3.46. The molecule has 0 radical (unpaired) electrons. The van der Waals surface area contributed by atoms with Crippen LogP contribution >= 0.6 is 11.6 Å². The van der Waals surface area contributed by atoms with Crippen molar-refractivity contribution in [1.29, 1.82) is 0 Å². The van der Waals surface area contributed by atoms with Crippen molar-refractivity contribution in [1.82, 2.24) is 14.2 Å². The fourth-order valence-corrected chi connectivity index (χ4v) is 3.73. The van der Waals surface area contributed by atoms with Gasteiger partial charge in [0.1, 0.15) is 10.0 Å². The first-order chi connectivity index (χ1) is 9.86. The van der Waals surface area contributed by atoms with Gasteiger partial charge in [-0.15, -0.1) is 0 Å². The van der Waals surface area contributed by atoms with Crippen molar-refractivity contribution in [2.24, 2.45) is 0 Å². The van der Waals surface area contributed by atoms with Gasteiger partial charge in [-0.05, 0) is 12.6 Å². The predicted molar refractivity (Wildman–Crippen MR) is 77.1 cm³/mol. The summed E-state index contributed by atoms with van der Waals surface area (Å²) in [4.78, 5) is 16.7. The summed E-state index contributed by atoms with van der Waals surface area (Å²) in [6.07, 6.45) is 1.09. The van der Waals surface area contributed by atoms with E-state index in [4.69, 9.17) is 16.7 Å². The Kier molecular flexibility index (Phi) is 4.82. The van der Waals surface area contributed by atoms with Crippen LogP contribution < -0.4 is 0 Å². The molecular weight excluding hydrogens is 318 g/mol. The summed E-state index contributed by atoms with van der Waals surface area (Å²) < 4.78 is 26.3. The van der Waals surface area contributed by atoms with Gasteiger partial charge in [0.25, 0.3) is 0 Å². The average Bonchev–Trinajstić information content (AvgIpc) is 2.47. The van der Waals surface area contributed by atoms with Gasteiger partial charge in [0.2, 0.25) is 10.0 Å². The molecule has 1 aliphatic rings. The number of aromatic carboxylic acids is 1. The van der Waals surface area contributed by atoms with Crippen molar-refractivity contribution in [2.45, 2.75) is 11.8 Å². The molecule has 116 valence electrons. The summed E-state index contributed by atoms with van der Waals surface area (Å²) in [5.74, 6) is -1.31. The zero-order chi connectivity index (χ0) is 15.6. The number of carboxylic acids is 1. The Morgan fingerprint density at radius 1 is 1.38 bits per heavy atom. The summed E-state index contributed by atoms with van der Waals surface area (Å²) in [5, 5.41) is 8.77. The van der Waals surface area contributed by atoms with Gasteiger partial charge < -0.3 is 10.0 Å². The first kappa shape index (κ1) is 16.2. The quantitative estimate of drug-likeness (QED) is 0.818. The van der Waals surface area contributed by atoms with Gasteiger partial charge in [0.05, 0.1) is 5.56 Å². The maximum atomic E-state index is 12.5. The summed E-state index contributed by atoms with van der Waals surface area (Å²) in [6.45, 7) is 4.96. The third kappa shape index (κ3) is 3.34.